The van der Waals surface area contributed by atoms with Crippen LogP contribution in [-0.4, -0.2) is 26.5 Å². The standard InChI is InChI=1S/C25H25ClN4S/c1-18-22(23-15-21(26)7-8-24(23)29-18)11-14-30(17-20-9-12-27-13-10-20)25(31)28-16-19-5-3-2-4-6-19/h2-10,12-13,15,29H,11,14,16-17H2,1H3,(H,28,31). The van der Waals surface area contributed by atoms with E-state index in [1.165, 1.54) is 27.8 Å². The number of hydrogen-bond donors (Lipinski definition) is 2. The zero-order valence-corrected chi connectivity index (χ0v) is 19.0. The van der Waals surface area contributed by atoms with E-state index in [9.17, 15) is 0 Å². The SMILES string of the molecule is Cc1[nH]c2ccc(Cl)cc2c1CCN(Cc1ccncc1)C(=S)NCc1ccccc1. The van der Waals surface area contributed by atoms with E-state index in [0.29, 0.717) is 6.54 Å². The van der Waals surface area contributed by atoms with Gasteiger partial charge in [0.25, 0.3) is 0 Å². The lowest BCUT2D eigenvalue weighted by atomic mass is 10.1. The summed E-state index contributed by atoms with van der Waals surface area (Å²) in [7, 11) is 0. The van der Waals surface area contributed by atoms with Crippen LogP contribution in [0.1, 0.15) is 22.4 Å². The van der Waals surface area contributed by atoms with E-state index in [4.69, 9.17) is 23.8 Å². The maximum atomic E-state index is 6.26. The highest BCUT2D eigenvalue weighted by atomic mass is 35.5. The van der Waals surface area contributed by atoms with Gasteiger partial charge in [-0.15, -0.1) is 0 Å². The summed E-state index contributed by atoms with van der Waals surface area (Å²) < 4.78 is 0. The van der Waals surface area contributed by atoms with Crippen molar-refractivity contribution in [3.05, 3.63) is 100 Å². The molecular weight excluding hydrogens is 424 g/mol. The molecule has 0 saturated carbocycles. The summed E-state index contributed by atoms with van der Waals surface area (Å²) in [5.41, 5.74) is 5.95. The molecule has 0 aliphatic rings. The van der Waals surface area contributed by atoms with Crippen molar-refractivity contribution in [3.63, 3.8) is 0 Å². The molecule has 2 N–H and O–H groups in total. The number of fused-ring (bicyclic) bond motifs is 1. The Labute approximate surface area is 193 Å². The van der Waals surface area contributed by atoms with Crippen LogP contribution in [0.25, 0.3) is 10.9 Å². The minimum absolute atomic E-state index is 0.703. The first-order valence-electron chi connectivity index (χ1n) is 10.3. The van der Waals surface area contributed by atoms with Gasteiger partial charge in [0.2, 0.25) is 0 Å². The van der Waals surface area contributed by atoms with Gasteiger partial charge in [0.1, 0.15) is 0 Å². The first-order chi connectivity index (χ1) is 15.1. The first kappa shape index (κ1) is 21.3. The molecule has 4 aromatic rings. The van der Waals surface area contributed by atoms with E-state index in [-0.39, 0.29) is 0 Å². The summed E-state index contributed by atoms with van der Waals surface area (Å²) in [5.74, 6) is 0. The minimum Gasteiger partial charge on any atom is -0.358 e. The molecule has 0 unspecified atom stereocenters. The van der Waals surface area contributed by atoms with Gasteiger partial charge in [-0.05, 0) is 72.6 Å². The lowest BCUT2D eigenvalue weighted by Crippen LogP contribution is -2.40. The van der Waals surface area contributed by atoms with Crippen LogP contribution in [0.5, 0.6) is 0 Å². The summed E-state index contributed by atoms with van der Waals surface area (Å²) in [6.45, 7) is 4.34. The van der Waals surface area contributed by atoms with Crippen molar-refractivity contribution in [3.8, 4) is 0 Å². The Hall–Kier alpha value is -2.89. The molecule has 4 rings (SSSR count). The summed E-state index contributed by atoms with van der Waals surface area (Å²) >= 11 is 12.0. The first-order valence-corrected chi connectivity index (χ1v) is 11.1. The fraction of sp³-hybridized carbons (Fsp3) is 0.200. The monoisotopic (exact) mass is 448 g/mol. The third-order valence-electron chi connectivity index (χ3n) is 5.41. The third kappa shape index (κ3) is 5.43. The van der Waals surface area contributed by atoms with Crippen molar-refractivity contribution < 1.29 is 0 Å². The summed E-state index contributed by atoms with van der Waals surface area (Å²) in [4.78, 5) is 9.82. The zero-order chi connectivity index (χ0) is 21.6. The van der Waals surface area contributed by atoms with Crippen LogP contribution in [0.2, 0.25) is 5.02 Å². The average Bonchev–Trinajstić information content (AvgIpc) is 3.10. The van der Waals surface area contributed by atoms with E-state index in [0.717, 1.165) is 35.2 Å². The van der Waals surface area contributed by atoms with E-state index in [1.54, 1.807) is 0 Å². The normalized spacial score (nSPS) is 10.9. The number of nitrogens with one attached hydrogen (secondary N) is 2. The Bertz CT molecular complexity index is 1160. The van der Waals surface area contributed by atoms with Gasteiger partial charge >= 0.3 is 0 Å². The van der Waals surface area contributed by atoms with Gasteiger partial charge in [0.05, 0.1) is 0 Å². The molecule has 2 heterocycles. The highest BCUT2D eigenvalue weighted by Gasteiger charge is 2.14. The van der Waals surface area contributed by atoms with Gasteiger partial charge < -0.3 is 15.2 Å². The van der Waals surface area contributed by atoms with Crippen LogP contribution < -0.4 is 5.32 Å². The topological polar surface area (TPSA) is 44.0 Å². The number of aromatic amines is 1. The molecule has 4 nitrogen and oxygen atoms in total. The number of rotatable bonds is 7. The predicted molar refractivity (Wildman–Crippen MR) is 132 cm³/mol. The maximum Gasteiger partial charge on any atom is 0.169 e. The summed E-state index contributed by atoms with van der Waals surface area (Å²) in [6.07, 6.45) is 4.50. The molecule has 0 aliphatic carbocycles. The second-order valence-electron chi connectivity index (χ2n) is 7.59. The van der Waals surface area contributed by atoms with Crippen LogP contribution >= 0.6 is 23.8 Å². The molecule has 0 atom stereocenters. The molecule has 0 radical (unpaired) electrons. The molecular formula is C25H25ClN4S. The van der Waals surface area contributed by atoms with Crippen LogP contribution in [0, 0.1) is 6.92 Å². The van der Waals surface area contributed by atoms with E-state index in [2.05, 4.69) is 39.2 Å². The summed E-state index contributed by atoms with van der Waals surface area (Å²) in [6, 6.07) is 20.4. The minimum atomic E-state index is 0.703. The number of nitrogens with zero attached hydrogens (tertiary/aromatic N) is 2. The molecule has 0 bridgehead atoms. The molecule has 158 valence electrons. The Balaban J connectivity index is 1.51. The molecule has 0 spiro atoms. The molecule has 0 aliphatic heterocycles. The van der Waals surface area contributed by atoms with Crippen molar-refractivity contribution in [2.45, 2.75) is 26.4 Å². The Morgan fingerprint density at radius 2 is 1.84 bits per heavy atom. The molecule has 2 aromatic heterocycles. The van der Waals surface area contributed by atoms with Crippen LogP contribution in [0.15, 0.2) is 73.1 Å². The lowest BCUT2D eigenvalue weighted by molar-refractivity contribution is 0.409. The molecule has 31 heavy (non-hydrogen) atoms. The van der Waals surface area contributed by atoms with Gasteiger partial charge in [0.15, 0.2) is 5.11 Å². The second-order valence-corrected chi connectivity index (χ2v) is 8.41. The lowest BCUT2D eigenvalue weighted by Gasteiger charge is -2.26. The smallest absolute Gasteiger partial charge is 0.169 e. The number of thiocarbonyl (C=S) groups is 1. The van der Waals surface area contributed by atoms with Gasteiger partial charge in [-0.25, -0.2) is 0 Å². The van der Waals surface area contributed by atoms with Gasteiger partial charge in [-0.1, -0.05) is 41.9 Å². The molecule has 0 saturated heterocycles. The number of aromatic nitrogens is 2. The largest absolute Gasteiger partial charge is 0.358 e. The quantitative estimate of drug-likeness (QED) is 0.359. The Morgan fingerprint density at radius 1 is 1.06 bits per heavy atom. The second kappa shape index (κ2) is 9.94. The van der Waals surface area contributed by atoms with Crippen molar-refractivity contribution >= 4 is 39.8 Å². The van der Waals surface area contributed by atoms with Crippen molar-refractivity contribution in [1.82, 2.24) is 20.2 Å². The number of H-pyrrole nitrogens is 1. The highest BCUT2D eigenvalue weighted by Crippen LogP contribution is 2.26. The fourth-order valence-electron chi connectivity index (χ4n) is 3.77. The van der Waals surface area contributed by atoms with E-state index >= 15 is 0 Å². The Kier molecular flexibility index (Phi) is 6.85. The van der Waals surface area contributed by atoms with E-state index < -0.39 is 0 Å². The number of hydrogen-bond acceptors (Lipinski definition) is 2. The van der Waals surface area contributed by atoms with E-state index in [1.807, 2.05) is 60.9 Å². The van der Waals surface area contributed by atoms with Crippen molar-refractivity contribution in [2.24, 2.45) is 0 Å². The van der Waals surface area contributed by atoms with Crippen LogP contribution in [0.4, 0.5) is 0 Å². The van der Waals surface area contributed by atoms with Crippen molar-refractivity contribution in [1.29, 1.82) is 0 Å². The number of benzene rings is 2. The van der Waals surface area contributed by atoms with Crippen molar-refractivity contribution in [2.75, 3.05) is 6.54 Å². The number of aryl methyl sites for hydroxylation is 1. The molecule has 6 heteroatoms. The van der Waals surface area contributed by atoms with Gasteiger partial charge in [-0.3, -0.25) is 4.98 Å². The van der Waals surface area contributed by atoms with Crippen LogP contribution in [-0.2, 0) is 19.5 Å². The number of pyridine rings is 1. The summed E-state index contributed by atoms with van der Waals surface area (Å²) in [5, 5.41) is 6.10. The predicted octanol–water partition coefficient (Wildman–Crippen LogP) is 5.64. The molecule has 0 amide bonds. The zero-order valence-electron chi connectivity index (χ0n) is 17.4. The molecule has 2 aromatic carbocycles. The molecule has 0 fully saturated rings. The van der Waals surface area contributed by atoms with Crippen LogP contribution in [0.3, 0.4) is 0 Å². The van der Waals surface area contributed by atoms with Gasteiger partial charge in [-0.2, -0.15) is 0 Å². The third-order valence-corrected chi connectivity index (χ3v) is 6.05. The Morgan fingerprint density at radius 3 is 2.61 bits per heavy atom. The maximum absolute atomic E-state index is 6.26. The average molecular weight is 449 g/mol. The highest BCUT2D eigenvalue weighted by molar-refractivity contribution is 7.80. The van der Waals surface area contributed by atoms with Gasteiger partial charge in [0, 0.05) is 53.6 Å². The fourth-order valence-corrected chi connectivity index (χ4v) is 4.17. The number of halogens is 1.